The first-order valence-electron chi connectivity index (χ1n) is 7.69. The second-order valence-corrected chi connectivity index (χ2v) is 6.54. The molecule has 0 aromatic heterocycles. The Bertz CT molecular complexity index is 482. The van der Waals surface area contributed by atoms with Crippen molar-refractivity contribution in [3.05, 3.63) is 29.8 Å². The summed E-state index contributed by atoms with van der Waals surface area (Å²) in [6.45, 7) is 2.15. The number of benzene rings is 1. The van der Waals surface area contributed by atoms with Gasteiger partial charge in [-0.2, -0.15) is 0 Å². The first-order valence-corrected chi connectivity index (χ1v) is 7.69. The van der Waals surface area contributed by atoms with E-state index in [1.807, 2.05) is 0 Å². The molecule has 0 saturated heterocycles. The van der Waals surface area contributed by atoms with Gasteiger partial charge in [-0.25, -0.2) is 0 Å². The second-order valence-electron chi connectivity index (χ2n) is 6.54. The molecule has 0 heterocycles. The third kappa shape index (κ3) is 2.82. The van der Waals surface area contributed by atoms with E-state index >= 15 is 0 Å². The van der Waals surface area contributed by atoms with Gasteiger partial charge in [0.15, 0.2) is 0 Å². The van der Waals surface area contributed by atoms with Gasteiger partial charge in [0, 0.05) is 6.04 Å². The van der Waals surface area contributed by atoms with Crippen LogP contribution in [0.2, 0.25) is 0 Å². The quantitative estimate of drug-likeness (QED) is 0.886. The van der Waals surface area contributed by atoms with Crippen molar-refractivity contribution in [1.82, 2.24) is 5.32 Å². The summed E-state index contributed by atoms with van der Waals surface area (Å²) in [6, 6.07) is 7.15. The van der Waals surface area contributed by atoms with Crippen LogP contribution in [0.5, 0.6) is 5.75 Å². The molecule has 108 valence electrons. The lowest BCUT2D eigenvalue weighted by Crippen LogP contribution is -2.40. The Labute approximate surface area is 120 Å². The number of phenolic OH excluding ortho intramolecular Hbond substituents is 1. The van der Waals surface area contributed by atoms with Gasteiger partial charge >= 0.3 is 0 Å². The van der Waals surface area contributed by atoms with Crippen molar-refractivity contribution in [2.75, 3.05) is 0 Å². The van der Waals surface area contributed by atoms with Gasteiger partial charge in [0.2, 0.25) is 5.91 Å². The number of hydrogen-bond acceptors (Lipinski definition) is 2. The fraction of sp³-hybridized carbons (Fsp3) is 0.588. The zero-order valence-corrected chi connectivity index (χ0v) is 12.0. The van der Waals surface area contributed by atoms with E-state index in [1.54, 1.807) is 24.3 Å². The van der Waals surface area contributed by atoms with Crippen LogP contribution in [0.15, 0.2) is 24.3 Å². The van der Waals surface area contributed by atoms with Crippen LogP contribution in [0.3, 0.4) is 0 Å². The Balaban J connectivity index is 1.52. The normalized spacial score (nSPS) is 29.4. The summed E-state index contributed by atoms with van der Waals surface area (Å²) in [5.74, 6) is 2.76. The predicted molar refractivity (Wildman–Crippen MR) is 78.4 cm³/mol. The summed E-state index contributed by atoms with van der Waals surface area (Å²) in [5, 5.41) is 12.4. The molecule has 0 radical (unpaired) electrons. The highest BCUT2D eigenvalue weighted by molar-refractivity contribution is 5.78. The van der Waals surface area contributed by atoms with Crippen molar-refractivity contribution >= 4 is 5.91 Å². The van der Waals surface area contributed by atoms with Crippen LogP contribution in [0.4, 0.5) is 0 Å². The third-order valence-corrected chi connectivity index (χ3v) is 5.12. The lowest BCUT2D eigenvalue weighted by atomic mass is 9.84. The Kier molecular flexibility index (Phi) is 3.68. The minimum atomic E-state index is 0.0889. The zero-order chi connectivity index (χ0) is 14.1. The molecule has 4 atom stereocenters. The van der Waals surface area contributed by atoms with Crippen LogP contribution in [0.25, 0.3) is 0 Å². The molecule has 2 aliphatic carbocycles. The van der Waals surface area contributed by atoms with E-state index < -0.39 is 0 Å². The van der Waals surface area contributed by atoms with Crippen molar-refractivity contribution < 1.29 is 9.90 Å². The van der Waals surface area contributed by atoms with Crippen molar-refractivity contribution in [3.8, 4) is 5.75 Å². The number of aromatic hydroxyl groups is 1. The molecule has 2 saturated carbocycles. The molecule has 3 heteroatoms. The molecule has 20 heavy (non-hydrogen) atoms. The van der Waals surface area contributed by atoms with Gasteiger partial charge in [-0.05, 0) is 61.6 Å². The van der Waals surface area contributed by atoms with Crippen LogP contribution >= 0.6 is 0 Å². The number of nitrogens with one attached hydrogen (secondary N) is 1. The molecule has 2 aliphatic rings. The highest BCUT2D eigenvalue weighted by atomic mass is 16.3. The summed E-state index contributed by atoms with van der Waals surface area (Å²) in [4.78, 5) is 12.1. The molecule has 3 rings (SSSR count). The number of carbonyl (C=O) groups excluding carboxylic acids is 1. The monoisotopic (exact) mass is 273 g/mol. The molecule has 2 bridgehead atoms. The lowest BCUT2D eigenvalue weighted by Gasteiger charge is -2.28. The van der Waals surface area contributed by atoms with E-state index in [-0.39, 0.29) is 17.7 Å². The van der Waals surface area contributed by atoms with E-state index in [1.165, 1.54) is 25.7 Å². The first kappa shape index (κ1) is 13.5. The molecule has 0 spiro atoms. The van der Waals surface area contributed by atoms with Crippen molar-refractivity contribution in [2.24, 2.45) is 17.8 Å². The van der Waals surface area contributed by atoms with Gasteiger partial charge in [0.1, 0.15) is 5.75 Å². The van der Waals surface area contributed by atoms with Gasteiger partial charge < -0.3 is 10.4 Å². The van der Waals surface area contributed by atoms with Crippen LogP contribution in [0.1, 0.15) is 38.2 Å². The molecule has 2 N–H and O–H groups in total. The van der Waals surface area contributed by atoms with E-state index in [2.05, 4.69) is 12.2 Å². The SMILES string of the molecule is CC(NC(=O)Cc1ccc(O)cc1)C1CC2CCC1C2. The average molecular weight is 273 g/mol. The number of phenols is 1. The number of fused-ring (bicyclic) bond motifs is 2. The van der Waals surface area contributed by atoms with Gasteiger partial charge in [0.05, 0.1) is 6.42 Å². The molecule has 1 aromatic rings. The van der Waals surface area contributed by atoms with Gasteiger partial charge in [-0.15, -0.1) is 0 Å². The van der Waals surface area contributed by atoms with Crippen LogP contribution in [-0.2, 0) is 11.2 Å². The minimum Gasteiger partial charge on any atom is -0.508 e. The van der Waals surface area contributed by atoms with E-state index in [9.17, 15) is 9.90 Å². The standard InChI is InChI=1S/C17H23NO2/c1-11(16-9-13-2-5-14(16)8-13)18-17(20)10-12-3-6-15(19)7-4-12/h3-4,6-7,11,13-14,16,19H,2,5,8-10H2,1H3,(H,18,20). The molecule has 1 aromatic carbocycles. The van der Waals surface area contributed by atoms with Gasteiger partial charge in [-0.1, -0.05) is 18.6 Å². The smallest absolute Gasteiger partial charge is 0.224 e. The highest BCUT2D eigenvalue weighted by Gasteiger charge is 2.42. The van der Waals surface area contributed by atoms with Crippen LogP contribution in [-0.4, -0.2) is 17.1 Å². The largest absolute Gasteiger partial charge is 0.508 e. The van der Waals surface area contributed by atoms with Gasteiger partial charge in [-0.3, -0.25) is 4.79 Å². The van der Waals surface area contributed by atoms with Crippen LogP contribution < -0.4 is 5.32 Å². The third-order valence-electron chi connectivity index (χ3n) is 5.12. The maximum atomic E-state index is 12.1. The summed E-state index contributed by atoms with van der Waals surface area (Å²) in [7, 11) is 0. The Hall–Kier alpha value is -1.51. The molecule has 3 nitrogen and oxygen atoms in total. The Morgan fingerprint density at radius 1 is 1.30 bits per heavy atom. The lowest BCUT2D eigenvalue weighted by molar-refractivity contribution is -0.121. The number of rotatable bonds is 4. The van der Waals surface area contributed by atoms with Crippen molar-refractivity contribution in [3.63, 3.8) is 0 Å². The topological polar surface area (TPSA) is 49.3 Å². The second kappa shape index (κ2) is 5.47. The van der Waals surface area contributed by atoms with Crippen molar-refractivity contribution in [2.45, 2.75) is 45.1 Å². The zero-order valence-electron chi connectivity index (χ0n) is 12.0. The maximum absolute atomic E-state index is 12.1. The predicted octanol–water partition coefficient (Wildman–Crippen LogP) is 2.88. The molecular weight excluding hydrogens is 250 g/mol. The number of amides is 1. The molecule has 1 amide bonds. The summed E-state index contributed by atoms with van der Waals surface area (Å²) >= 11 is 0. The van der Waals surface area contributed by atoms with Crippen LogP contribution in [0, 0.1) is 17.8 Å². The number of hydrogen-bond donors (Lipinski definition) is 2. The summed E-state index contributed by atoms with van der Waals surface area (Å²) in [6.07, 6.45) is 5.82. The first-order chi connectivity index (χ1) is 9.61. The minimum absolute atomic E-state index is 0.0889. The summed E-state index contributed by atoms with van der Waals surface area (Å²) < 4.78 is 0. The average Bonchev–Trinajstić information content (AvgIpc) is 3.03. The van der Waals surface area contributed by atoms with Crippen molar-refractivity contribution in [1.29, 1.82) is 0 Å². The Morgan fingerprint density at radius 2 is 2.05 bits per heavy atom. The fourth-order valence-corrected chi connectivity index (χ4v) is 4.12. The van der Waals surface area contributed by atoms with E-state index in [0.717, 1.165) is 17.4 Å². The molecule has 2 fully saturated rings. The Morgan fingerprint density at radius 3 is 2.65 bits per heavy atom. The highest BCUT2D eigenvalue weighted by Crippen LogP contribution is 2.49. The molecular formula is C17H23NO2. The number of carbonyl (C=O) groups is 1. The maximum Gasteiger partial charge on any atom is 0.224 e. The van der Waals surface area contributed by atoms with E-state index in [4.69, 9.17) is 0 Å². The molecule has 0 aliphatic heterocycles. The summed E-state index contributed by atoms with van der Waals surface area (Å²) in [5.41, 5.74) is 0.945. The van der Waals surface area contributed by atoms with Gasteiger partial charge in [0.25, 0.3) is 0 Å². The van der Waals surface area contributed by atoms with E-state index in [0.29, 0.717) is 12.3 Å². The fourth-order valence-electron chi connectivity index (χ4n) is 4.12. The molecule has 4 unspecified atom stereocenters.